The Morgan fingerprint density at radius 2 is 1.78 bits per heavy atom. The maximum atomic E-state index is 11.2. The normalized spacial score (nSPS) is 12.0. The van der Waals surface area contributed by atoms with Gasteiger partial charge in [0.15, 0.2) is 0 Å². The van der Waals surface area contributed by atoms with Crippen molar-refractivity contribution in [3.8, 4) is 22.5 Å². The summed E-state index contributed by atoms with van der Waals surface area (Å²) in [6, 6.07) is 21.2. The summed E-state index contributed by atoms with van der Waals surface area (Å²) < 4.78 is 2.23. The minimum absolute atomic E-state index is 0.547. The van der Waals surface area contributed by atoms with Crippen molar-refractivity contribution in [1.82, 2.24) is 4.57 Å². The van der Waals surface area contributed by atoms with Crippen LogP contribution in [0.15, 0.2) is 71.7 Å². The quantitative estimate of drug-likeness (QED) is 0.420. The van der Waals surface area contributed by atoms with Crippen LogP contribution in [-0.4, -0.2) is 10.6 Å². The molecule has 1 heterocycles. The van der Waals surface area contributed by atoms with Crippen LogP contribution in [0.5, 0.6) is 0 Å². The third-order valence-electron chi connectivity index (χ3n) is 4.73. The van der Waals surface area contributed by atoms with E-state index in [4.69, 9.17) is 11.5 Å². The number of amides is 2. The van der Waals surface area contributed by atoms with Gasteiger partial charge in [-0.25, -0.2) is 4.79 Å². The monoisotopic (exact) mass is 356 g/mol. The summed E-state index contributed by atoms with van der Waals surface area (Å²) >= 11 is 0. The average molecular weight is 356 g/mol. The standard InChI is InChI=1S/C22H20N4O/c1-2-26-20-13-16(25-22(24)27)9-11-18(20)17-10-8-15(23)12-19(17)21(26)14-6-4-3-5-7-14/h3-13H,2,23H2,1H3,(H2,24,27)/b25-16-. The first kappa shape index (κ1) is 16.8. The van der Waals surface area contributed by atoms with E-state index in [1.165, 1.54) is 0 Å². The predicted octanol–water partition coefficient (Wildman–Crippen LogP) is 3.99. The molecule has 5 heteroatoms. The molecule has 0 unspecified atom stereocenters. The summed E-state index contributed by atoms with van der Waals surface area (Å²) in [4.78, 5) is 15.1. The van der Waals surface area contributed by atoms with Crippen LogP contribution < -0.4 is 16.8 Å². The predicted molar refractivity (Wildman–Crippen MR) is 109 cm³/mol. The summed E-state index contributed by atoms with van der Waals surface area (Å²) in [6.45, 7) is 2.85. The van der Waals surface area contributed by atoms with E-state index in [0.717, 1.165) is 45.5 Å². The average Bonchev–Trinajstić information content (AvgIpc) is 2.66. The zero-order valence-electron chi connectivity index (χ0n) is 15.0. The van der Waals surface area contributed by atoms with Gasteiger partial charge < -0.3 is 16.0 Å². The molecule has 0 saturated heterocycles. The second-order valence-corrected chi connectivity index (χ2v) is 6.42. The zero-order valence-corrected chi connectivity index (χ0v) is 15.0. The number of benzene rings is 3. The second-order valence-electron chi connectivity index (χ2n) is 6.42. The Morgan fingerprint density at radius 3 is 2.48 bits per heavy atom. The Labute approximate surface area is 156 Å². The van der Waals surface area contributed by atoms with E-state index in [1.807, 2.05) is 54.6 Å². The third kappa shape index (κ3) is 2.93. The fraction of sp³-hybridized carbons (Fsp3) is 0.0909. The van der Waals surface area contributed by atoms with Crippen LogP contribution in [0.3, 0.4) is 0 Å². The molecule has 2 aromatic carbocycles. The molecule has 2 aliphatic rings. The van der Waals surface area contributed by atoms with Crippen molar-refractivity contribution in [3.05, 3.63) is 72.1 Å². The number of hydrogen-bond donors (Lipinski definition) is 2. The van der Waals surface area contributed by atoms with E-state index in [-0.39, 0.29) is 0 Å². The molecule has 5 nitrogen and oxygen atoms in total. The Balaban J connectivity index is 2.22. The van der Waals surface area contributed by atoms with Crippen molar-refractivity contribution in [1.29, 1.82) is 0 Å². The van der Waals surface area contributed by atoms with Crippen LogP contribution in [0.2, 0.25) is 0 Å². The molecule has 0 radical (unpaired) electrons. The molecule has 4 rings (SSSR count). The van der Waals surface area contributed by atoms with Crippen LogP contribution in [-0.2, 0) is 6.54 Å². The maximum absolute atomic E-state index is 11.2. The van der Waals surface area contributed by atoms with E-state index < -0.39 is 6.03 Å². The fourth-order valence-electron chi connectivity index (χ4n) is 3.66. The van der Waals surface area contributed by atoms with Gasteiger partial charge in [0.1, 0.15) is 0 Å². The highest BCUT2D eigenvalue weighted by molar-refractivity contribution is 6.05. The third-order valence-corrected chi connectivity index (χ3v) is 4.73. The molecule has 0 fully saturated rings. The van der Waals surface area contributed by atoms with Gasteiger partial charge >= 0.3 is 6.03 Å². The van der Waals surface area contributed by atoms with Crippen molar-refractivity contribution in [2.24, 2.45) is 10.7 Å². The van der Waals surface area contributed by atoms with Gasteiger partial charge in [-0.2, -0.15) is 4.99 Å². The highest BCUT2D eigenvalue weighted by Gasteiger charge is 2.18. The zero-order chi connectivity index (χ0) is 19.0. The smallest absolute Gasteiger partial charge is 0.338 e. The summed E-state index contributed by atoms with van der Waals surface area (Å²) in [5, 5.41) is 2.74. The minimum Gasteiger partial charge on any atom is -0.399 e. The molecule has 0 spiro atoms. The van der Waals surface area contributed by atoms with E-state index in [0.29, 0.717) is 5.36 Å². The Bertz CT molecular complexity index is 1190. The first-order valence-electron chi connectivity index (χ1n) is 8.84. The van der Waals surface area contributed by atoms with E-state index in [2.05, 4.69) is 28.6 Å². The fourth-order valence-corrected chi connectivity index (χ4v) is 3.66. The molecular weight excluding hydrogens is 336 g/mol. The summed E-state index contributed by atoms with van der Waals surface area (Å²) in [5.41, 5.74) is 16.3. The Morgan fingerprint density at radius 1 is 1.00 bits per heavy atom. The number of carbonyl (C=O) groups is 1. The Hall–Kier alpha value is -3.60. The van der Waals surface area contributed by atoms with Gasteiger partial charge in [0.2, 0.25) is 0 Å². The SMILES string of the molecule is CCn1c2c/c(=N\C(N)=O)ccc-2c2ccc(N)cc2c1-c1ccccc1. The van der Waals surface area contributed by atoms with Gasteiger partial charge in [0.25, 0.3) is 0 Å². The van der Waals surface area contributed by atoms with Crippen LogP contribution in [0.1, 0.15) is 6.92 Å². The first-order valence-corrected chi connectivity index (χ1v) is 8.84. The number of anilines is 1. The van der Waals surface area contributed by atoms with E-state index in [1.54, 1.807) is 0 Å². The topological polar surface area (TPSA) is 86.4 Å². The van der Waals surface area contributed by atoms with Crippen molar-refractivity contribution in [2.75, 3.05) is 5.73 Å². The van der Waals surface area contributed by atoms with Gasteiger partial charge in [0, 0.05) is 23.2 Å². The number of fused-ring (bicyclic) bond motifs is 3. The number of urea groups is 1. The molecule has 0 saturated carbocycles. The van der Waals surface area contributed by atoms with Gasteiger partial charge in [-0.3, -0.25) is 0 Å². The number of carbonyl (C=O) groups excluding carboxylic acids is 1. The highest BCUT2D eigenvalue weighted by atomic mass is 16.2. The summed E-state index contributed by atoms with van der Waals surface area (Å²) in [7, 11) is 0. The molecule has 2 aromatic rings. The number of nitrogen functional groups attached to an aromatic ring is 1. The molecule has 0 bridgehead atoms. The van der Waals surface area contributed by atoms with Crippen LogP contribution in [0.4, 0.5) is 10.5 Å². The highest BCUT2D eigenvalue weighted by Crippen LogP contribution is 2.38. The molecule has 1 aliphatic carbocycles. The number of aromatic nitrogens is 1. The van der Waals surface area contributed by atoms with Crippen LogP contribution in [0.25, 0.3) is 33.3 Å². The molecule has 134 valence electrons. The first-order chi connectivity index (χ1) is 13.1. The molecular formula is C22H20N4O. The largest absolute Gasteiger partial charge is 0.399 e. The molecule has 0 atom stereocenters. The molecule has 0 aromatic heterocycles. The van der Waals surface area contributed by atoms with Crippen LogP contribution >= 0.6 is 0 Å². The van der Waals surface area contributed by atoms with Crippen molar-refractivity contribution < 1.29 is 4.79 Å². The lowest BCUT2D eigenvalue weighted by molar-refractivity contribution is 0.256. The van der Waals surface area contributed by atoms with E-state index >= 15 is 0 Å². The number of primary amides is 1. The van der Waals surface area contributed by atoms with Gasteiger partial charge in [-0.15, -0.1) is 0 Å². The summed E-state index contributed by atoms with van der Waals surface area (Å²) in [6.07, 6.45) is 0. The summed E-state index contributed by atoms with van der Waals surface area (Å²) in [5.74, 6) is 0. The number of nitrogens with zero attached hydrogens (tertiary/aromatic N) is 2. The Kier molecular flexibility index (Phi) is 4.12. The lowest BCUT2D eigenvalue weighted by atomic mass is 9.95. The van der Waals surface area contributed by atoms with Gasteiger partial charge in [-0.05, 0) is 42.1 Å². The lowest BCUT2D eigenvalue weighted by Crippen LogP contribution is -2.15. The number of pyridine rings is 1. The lowest BCUT2D eigenvalue weighted by Gasteiger charge is -2.23. The minimum atomic E-state index is -0.700. The number of nitrogens with two attached hydrogens (primary N) is 2. The number of hydrogen-bond acceptors (Lipinski definition) is 2. The molecule has 27 heavy (non-hydrogen) atoms. The van der Waals surface area contributed by atoms with Crippen LogP contribution in [0, 0.1) is 0 Å². The van der Waals surface area contributed by atoms with Crippen molar-refractivity contribution in [3.63, 3.8) is 0 Å². The van der Waals surface area contributed by atoms with Crippen molar-refractivity contribution in [2.45, 2.75) is 13.5 Å². The molecule has 1 aliphatic heterocycles. The van der Waals surface area contributed by atoms with Gasteiger partial charge in [0.05, 0.1) is 16.7 Å². The molecule has 2 amide bonds. The van der Waals surface area contributed by atoms with E-state index in [9.17, 15) is 4.79 Å². The molecule has 4 N–H and O–H groups in total. The van der Waals surface area contributed by atoms with Crippen molar-refractivity contribution >= 4 is 22.5 Å². The second kappa shape index (κ2) is 6.61. The number of rotatable bonds is 2. The maximum Gasteiger partial charge on any atom is 0.338 e. The van der Waals surface area contributed by atoms with Gasteiger partial charge in [-0.1, -0.05) is 42.5 Å².